The van der Waals surface area contributed by atoms with Crippen molar-refractivity contribution in [3.05, 3.63) is 65.9 Å². The molecule has 2 atom stereocenters. The third-order valence-electron chi connectivity index (χ3n) is 4.31. The Morgan fingerprint density at radius 3 is 2.17 bits per heavy atom. The van der Waals surface area contributed by atoms with Crippen molar-refractivity contribution in [2.75, 3.05) is 0 Å². The highest BCUT2D eigenvalue weighted by molar-refractivity contribution is 5.64. The Labute approximate surface area is 143 Å². The van der Waals surface area contributed by atoms with Gasteiger partial charge in [0, 0.05) is 5.70 Å². The van der Waals surface area contributed by atoms with Crippen LogP contribution >= 0.6 is 0 Å². The van der Waals surface area contributed by atoms with Gasteiger partial charge in [-0.05, 0) is 46.4 Å². The van der Waals surface area contributed by atoms with Crippen molar-refractivity contribution in [3.63, 3.8) is 0 Å². The zero-order valence-corrected chi connectivity index (χ0v) is 15.7. The molecule has 2 N–H and O–H groups in total. The molecule has 1 heteroatoms. The van der Waals surface area contributed by atoms with Crippen molar-refractivity contribution < 1.29 is 0 Å². The molecular formula is C22H33N. The van der Waals surface area contributed by atoms with Crippen LogP contribution in [0.2, 0.25) is 0 Å². The van der Waals surface area contributed by atoms with Crippen molar-refractivity contribution in [1.82, 2.24) is 0 Å². The minimum absolute atomic E-state index is 0.197. The van der Waals surface area contributed by atoms with E-state index in [0.29, 0.717) is 11.8 Å². The van der Waals surface area contributed by atoms with E-state index in [0.717, 1.165) is 12.1 Å². The Bertz CT molecular complexity index is 567. The number of hydrogen-bond donors (Lipinski definition) is 1. The van der Waals surface area contributed by atoms with Gasteiger partial charge in [-0.3, -0.25) is 0 Å². The van der Waals surface area contributed by atoms with E-state index >= 15 is 0 Å². The SMILES string of the molecule is C=C(CC1C=CC(N)=CC1C)c1ccc(C(C)(C)C)cc1.CC. The zero-order chi connectivity index (χ0) is 17.6. The van der Waals surface area contributed by atoms with Gasteiger partial charge in [0.2, 0.25) is 0 Å². The summed E-state index contributed by atoms with van der Waals surface area (Å²) in [5, 5.41) is 0. The van der Waals surface area contributed by atoms with Crippen LogP contribution in [0.4, 0.5) is 0 Å². The Hall–Kier alpha value is -1.76. The number of hydrogen-bond acceptors (Lipinski definition) is 1. The molecule has 0 saturated carbocycles. The predicted octanol–water partition coefficient (Wildman–Crippen LogP) is 6.08. The predicted molar refractivity (Wildman–Crippen MR) is 104 cm³/mol. The van der Waals surface area contributed by atoms with E-state index in [9.17, 15) is 0 Å². The maximum atomic E-state index is 5.84. The topological polar surface area (TPSA) is 26.0 Å². The Kier molecular flexibility index (Phi) is 6.87. The molecule has 0 heterocycles. The van der Waals surface area contributed by atoms with Gasteiger partial charge in [0.15, 0.2) is 0 Å². The molecule has 0 aliphatic heterocycles. The molecule has 2 rings (SSSR count). The van der Waals surface area contributed by atoms with Gasteiger partial charge in [-0.15, -0.1) is 0 Å². The van der Waals surface area contributed by atoms with Crippen LogP contribution < -0.4 is 5.73 Å². The fraction of sp³-hybridized carbons (Fsp3) is 0.455. The highest BCUT2D eigenvalue weighted by atomic mass is 14.6. The Morgan fingerprint density at radius 1 is 1.13 bits per heavy atom. The van der Waals surface area contributed by atoms with Gasteiger partial charge in [-0.25, -0.2) is 0 Å². The van der Waals surface area contributed by atoms with Crippen LogP contribution in [0.3, 0.4) is 0 Å². The molecular weight excluding hydrogens is 278 g/mol. The molecule has 0 bridgehead atoms. The van der Waals surface area contributed by atoms with Gasteiger partial charge >= 0.3 is 0 Å². The van der Waals surface area contributed by atoms with Crippen molar-refractivity contribution in [1.29, 1.82) is 0 Å². The fourth-order valence-corrected chi connectivity index (χ4v) is 2.75. The Balaban J connectivity index is 0.00000127. The van der Waals surface area contributed by atoms with Crippen molar-refractivity contribution in [2.45, 2.75) is 53.4 Å². The second-order valence-corrected chi connectivity index (χ2v) is 7.18. The molecule has 1 aromatic carbocycles. The Morgan fingerprint density at radius 2 is 1.70 bits per heavy atom. The summed E-state index contributed by atoms with van der Waals surface area (Å²) in [4.78, 5) is 0. The van der Waals surface area contributed by atoms with Crippen LogP contribution in [0, 0.1) is 11.8 Å². The summed E-state index contributed by atoms with van der Waals surface area (Å²) < 4.78 is 0. The average Bonchev–Trinajstić information content (AvgIpc) is 2.51. The van der Waals surface area contributed by atoms with Crippen LogP contribution in [0.25, 0.3) is 5.57 Å². The van der Waals surface area contributed by atoms with E-state index in [1.165, 1.54) is 16.7 Å². The summed E-state index contributed by atoms with van der Waals surface area (Å²) in [5.41, 5.74) is 10.7. The molecule has 1 aromatic rings. The monoisotopic (exact) mass is 311 g/mol. The van der Waals surface area contributed by atoms with E-state index < -0.39 is 0 Å². The summed E-state index contributed by atoms with van der Waals surface area (Å²) in [6.45, 7) is 17.2. The maximum Gasteiger partial charge on any atom is 0.0273 e. The fourth-order valence-electron chi connectivity index (χ4n) is 2.75. The quantitative estimate of drug-likeness (QED) is 0.719. The molecule has 1 aliphatic carbocycles. The third-order valence-corrected chi connectivity index (χ3v) is 4.31. The van der Waals surface area contributed by atoms with Crippen LogP contribution in [0.15, 0.2) is 54.8 Å². The largest absolute Gasteiger partial charge is 0.399 e. The third kappa shape index (κ3) is 5.42. The van der Waals surface area contributed by atoms with Crippen molar-refractivity contribution >= 4 is 5.57 Å². The van der Waals surface area contributed by atoms with Gasteiger partial charge in [0.1, 0.15) is 0 Å². The lowest BCUT2D eigenvalue weighted by Gasteiger charge is -2.23. The lowest BCUT2D eigenvalue weighted by atomic mass is 9.82. The van der Waals surface area contributed by atoms with Gasteiger partial charge in [-0.2, -0.15) is 0 Å². The van der Waals surface area contributed by atoms with Crippen LogP contribution in [0.5, 0.6) is 0 Å². The minimum atomic E-state index is 0.197. The first-order valence-corrected chi connectivity index (χ1v) is 8.71. The lowest BCUT2D eigenvalue weighted by Crippen LogP contribution is -2.14. The van der Waals surface area contributed by atoms with E-state index in [-0.39, 0.29) is 5.41 Å². The summed E-state index contributed by atoms with van der Waals surface area (Å²) in [6, 6.07) is 8.84. The van der Waals surface area contributed by atoms with Crippen molar-refractivity contribution in [2.24, 2.45) is 17.6 Å². The first kappa shape index (κ1) is 19.3. The second kappa shape index (κ2) is 8.19. The number of rotatable bonds is 3. The molecule has 1 aliphatic rings. The molecule has 0 spiro atoms. The van der Waals surface area contributed by atoms with Crippen LogP contribution in [0.1, 0.15) is 59.1 Å². The standard InChI is InChI=1S/C20H27N.C2H6/c1-14(12-17-8-11-19(21)13-15(17)2)16-6-9-18(10-7-16)20(3,4)5;1-2/h6-11,13,15,17H,1,12,21H2,2-5H3;1-2H3. The molecule has 0 fully saturated rings. The summed E-state index contributed by atoms with van der Waals surface area (Å²) in [5.74, 6) is 0.965. The van der Waals surface area contributed by atoms with Gasteiger partial charge in [-0.1, -0.05) is 84.5 Å². The molecule has 0 saturated heterocycles. The van der Waals surface area contributed by atoms with Crippen molar-refractivity contribution in [3.8, 4) is 0 Å². The summed E-state index contributed by atoms with van der Waals surface area (Å²) >= 11 is 0. The smallest absolute Gasteiger partial charge is 0.0273 e. The molecule has 23 heavy (non-hydrogen) atoms. The summed E-state index contributed by atoms with van der Waals surface area (Å²) in [6.07, 6.45) is 7.35. The van der Waals surface area contributed by atoms with Crippen LogP contribution in [-0.4, -0.2) is 0 Å². The number of allylic oxidation sites excluding steroid dienone is 4. The maximum absolute atomic E-state index is 5.84. The van der Waals surface area contributed by atoms with E-state index in [1.807, 2.05) is 19.9 Å². The molecule has 0 amide bonds. The zero-order valence-electron chi connectivity index (χ0n) is 15.7. The first-order valence-electron chi connectivity index (χ1n) is 8.71. The van der Waals surface area contributed by atoms with E-state index in [4.69, 9.17) is 5.73 Å². The molecule has 2 unspecified atom stereocenters. The van der Waals surface area contributed by atoms with Crippen LogP contribution in [-0.2, 0) is 5.41 Å². The lowest BCUT2D eigenvalue weighted by molar-refractivity contribution is 0.514. The molecule has 1 nitrogen and oxygen atoms in total. The molecule has 0 radical (unpaired) electrons. The second-order valence-electron chi connectivity index (χ2n) is 7.18. The molecule has 126 valence electrons. The van der Waals surface area contributed by atoms with E-state index in [2.05, 4.69) is 70.7 Å². The molecule has 0 aromatic heterocycles. The van der Waals surface area contributed by atoms with Gasteiger partial charge < -0.3 is 5.73 Å². The van der Waals surface area contributed by atoms with Gasteiger partial charge in [0.25, 0.3) is 0 Å². The average molecular weight is 312 g/mol. The number of nitrogens with two attached hydrogens (primary N) is 1. The minimum Gasteiger partial charge on any atom is -0.399 e. The highest BCUT2D eigenvalue weighted by Crippen LogP contribution is 2.31. The normalized spacial score (nSPS) is 20.3. The van der Waals surface area contributed by atoms with Gasteiger partial charge in [0.05, 0.1) is 0 Å². The summed E-state index contributed by atoms with van der Waals surface area (Å²) in [7, 11) is 0. The number of benzene rings is 1. The van der Waals surface area contributed by atoms with E-state index in [1.54, 1.807) is 0 Å². The highest BCUT2D eigenvalue weighted by Gasteiger charge is 2.18. The first-order chi connectivity index (χ1) is 10.8.